The van der Waals surface area contributed by atoms with Crippen LogP contribution in [0.15, 0.2) is 83.4 Å². The zero-order valence-corrected chi connectivity index (χ0v) is 18.9. The third-order valence-corrected chi connectivity index (χ3v) is 8.09. The van der Waals surface area contributed by atoms with Crippen molar-refractivity contribution in [3.8, 4) is 0 Å². The van der Waals surface area contributed by atoms with Crippen LogP contribution in [-0.2, 0) is 0 Å². The fourth-order valence-electron chi connectivity index (χ4n) is 6.54. The first kappa shape index (κ1) is 20.5. The molecule has 5 nitrogen and oxygen atoms in total. The van der Waals surface area contributed by atoms with Crippen LogP contribution >= 0.6 is 0 Å². The Bertz CT molecular complexity index is 1150. The summed E-state index contributed by atoms with van der Waals surface area (Å²) in [5.74, 6) is 1.59. The summed E-state index contributed by atoms with van der Waals surface area (Å²) < 4.78 is 1.99. The Labute approximate surface area is 195 Å². The van der Waals surface area contributed by atoms with Crippen LogP contribution in [0.25, 0.3) is 0 Å². The van der Waals surface area contributed by atoms with Gasteiger partial charge in [-0.2, -0.15) is 0 Å². The number of amides is 1. The number of rotatable bonds is 0. The average Bonchev–Trinajstić information content (AvgIpc) is 2.99. The first-order chi connectivity index (χ1) is 16.2. The maximum absolute atomic E-state index is 13.4. The van der Waals surface area contributed by atoms with Gasteiger partial charge in [0.1, 0.15) is 12.4 Å². The van der Waals surface area contributed by atoms with Crippen molar-refractivity contribution in [2.45, 2.75) is 38.1 Å². The summed E-state index contributed by atoms with van der Waals surface area (Å²) >= 11 is 0. The van der Waals surface area contributed by atoms with Gasteiger partial charge in [-0.3, -0.25) is 19.3 Å². The normalized spacial score (nSPS) is 33.6. The van der Waals surface area contributed by atoms with Crippen LogP contribution in [0.2, 0.25) is 0 Å². The Morgan fingerprint density at radius 2 is 1.79 bits per heavy atom. The Morgan fingerprint density at radius 3 is 2.73 bits per heavy atom. The Kier molecular flexibility index (Phi) is 5.20. The monoisotopic (exact) mass is 441 g/mol. The summed E-state index contributed by atoms with van der Waals surface area (Å²) in [4.78, 5) is 27.6. The molecule has 1 saturated carbocycles. The number of allylic oxidation sites excluding steroid dienone is 8. The summed E-state index contributed by atoms with van der Waals surface area (Å²) in [6, 6.07) is 3.29. The highest BCUT2D eigenvalue weighted by Crippen LogP contribution is 2.46. The first-order valence-corrected chi connectivity index (χ1v) is 12.4. The number of hydrogen-bond acceptors (Lipinski definition) is 3. The van der Waals surface area contributed by atoms with E-state index in [1.165, 1.54) is 11.6 Å². The molecule has 0 radical (unpaired) electrons. The van der Waals surface area contributed by atoms with Gasteiger partial charge in [-0.15, -0.1) is 0 Å². The van der Waals surface area contributed by atoms with Crippen LogP contribution in [-0.4, -0.2) is 34.7 Å². The average molecular weight is 442 g/mol. The number of fused-ring (bicyclic) bond motifs is 7. The van der Waals surface area contributed by atoms with E-state index in [0.717, 1.165) is 38.6 Å². The molecule has 1 aromatic heterocycles. The standard InChI is InChI=1S/C28H31N3O2/c32-23-15-17-30-25(18-23)28(33)29-16-6-2-1-3-9-21-10-7-11-22-14-13-20-8-4-5-12-24(20)27(26(21)22)31(30)19-29/h3-5,7-12,15,17-18,20,22,24,26-27H,1-2,6,13-14,16,19H2/b9-3-/t20?,22?,24?,26?,27-/m1/s1. The van der Waals surface area contributed by atoms with Crippen molar-refractivity contribution >= 4 is 5.91 Å². The molecule has 1 aromatic rings. The lowest BCUT2D eigenvalue weighted by molar-refractivity contribution is 0.0656. The number of hydrogen-bond donors (Lipinski definition) is 0. The van der Waals surface area contributed by atoms with Gasteiger partial charge in [0.2, 0.25) is 0 Å². The number of carbonyl (C=O) groups is 1. The van der Waals surface area contributed by atoms with E-state index in [9.17, 15) is 9.59 Å². The largest absolute Gasteiger partial charge is 0.318 e. The Morgan fingerprint density at radius 1 is 0.939 bits per heavy atom. The highest BCUT2D eigenvalue weighted by Gasteiger charge is 2.46. The molecule has 33 heavy (non-hydrogen) atoms. The van der Waals surface area contributed by atoms with E-state index >= 15 is 0 Å². The minimum absolute atomic E-state index is 0.0309. The van der Waals surface area contributed by atoms with Crippen molar-refractivity contribution in [3.63, 3.8) is 0 Å². The molecule has 5 atom stereocenters. The highest BCUT2D eigenvalue weighted by molar-refractivity contribution is 5.93. The fraction of sp³-hybridized carbons (Fsp3) is 0.429. The number of aromatic nitrogens is 1. The van der Waals surface area contributed by atoms with E-state index in [4.69, 9.17) is 0 Å². The summed E-state index contributed by atoms with van der Waals surface area (Å²) in [7, 11) is 0. The van der Waals surface area contributed by atoms with E-state index < -0.39 is 0 Å². The van der Waals surface area contributed by atoms with Gasteiger partial charge in [0.15, 0.2) is 5.43 Å². The number of nitrogens with zero attached hydrogens (tertiary/aromatic N) is 3. The third kappa shape index (κ3) is 3.54. The molecule has 1 amide bonds. The molecule has 5 heteroatoms. The lowest BCUT2D eigenvalue weighted by Gasteiger charge is -2.50. The van der Waals surface area contributed by atoms with Crippen molar-refractivity contribution in [1.82, 2.24) is 9.58 Å². The van der Waals surface area contributed by atoms with Crippen LogP contribution < -0.4 is 10.4 Å². The molecule has 0 spiro atoms. The van der Waals surface area contributed by atoms with E-state index in [1.807, 2.05) is 15.8 Å². The van der Waals surface area contributed by atoms with Gasteiger partial charge >= 0.3 is 0 Å². The second-order valence-corrected chi connectivity index (χ2v) is 9.96. The van der Waals surface area contributed by atoms with Crippen molar-refractivity contribution < 1.29 is 4.79 Å². The van der Waals surface area contributed by atoms with E-state index in [2.05, 4.69) is 59.7 Å². The fourth-order valence-corrected chi connectivity index (χ4v) is 6.54. The molecule has 5 aliphatic rings. The molecule has 0 saturated heterocycles. The van der Waals surface area contributed by atoms with E-state index in [0.29, 0.717) is 36.0 Å². The van der Waals surface area contributed by atoms with Crippen LogP contribution in [0.1, 0.15) is 42.6 Å². The van der Waals surface area contributed by atoms with Gasteiger partial charge < -0.3 is 4.90 Å². The van der Waals surface area contributed by atoms with Gasteiger partial charge in [-0.05, 0) is 49.5 Å². The molecule has 170 valence electrons. The molecule has 2 aliphatic heterocycles. The van der Waals surface area contributed by atoms with Gasteiger partial charge in [0, 0.05) is 36.7 Å². The van der Waals surface area contributed by atoms with Crippen molar-refractivity contribution in [2.24, 2.45) is 23.7 Å². The summed E-state index contributed by atoms with van der Waals surface area (Å²) in [6.07, 6.45) is 27.9. The summed E-state index contributed by atoms with van der Waals surface area (Å²) in [6.45, 7) is 1.28. The smallest absolute Gasteiger partial charge is 0.274 e. The molecule has 0 N–H and O–H groups in total. The predicted octanol–water partition coefficient (Wildman–Crippen LogP) is 4.19. The molecular weight excluding hydrogens is 410 g/mol. The Hall–Kier alpha value is -3.08. The lowest BCUT2D eigenvalue weighted by atomic mass is 9.72. The lowest BCUT2D eigenvalue weighted by Crippen LogP contribution is -2.62. The molecular formula is C28H31N3O2. The van der Waals surface area contributed by atoms with Gasteiger partial charge in [-0.25, -0.2) is 0 Å². The van der Waals surface area contributed by atoms with Gasteiger partial charge in [0.05, 0.1) is 6.04 Å². The van der Waals surface area contributed by atoms with Gasteiger partial charge in [-0.1, -0.05) is 54.7 Å². The molecule has 6 rings (SSSR count). The van der Waals surface area contributed by atoms with Crippen LogP contribution in [0.4, 0.5) is 0 Å². The van der Waals surface area contributed by atoms with Crippen molar-refractivity contribution in [3.05, 3.63) is 94.5 Å². The predicted molar refractivity (Wildman–Crippen MR) is 130 cm³/mol. The van der Waals surface area contributed by atoms with Crippen LogP contribution in [0.3, 0.4) is 0 Å². The molecule has 0 aromatic carbocycles. The summed E-state index contributed by atoms with van der Waals surface area (Å²) in [5.41, 5.74) is 1.77. The minimum atomic E-state index is -0.112. The maximum atomic E-state index is 13.4. The maximum Gasteiger partial charge on any atom is 0.274 e. The van der Waals surface area contributed by atoms with Crippen molar-refractivity contribution in [1.29, 1.82) is 0 Å². The van der Waals surface area contributed by atoms with Crippen LogP contribution in [0, 0.1) is 23.7 Å². The molecule has 2 bridgehead atoms. The number of carbonyl (C=O) groups excluding carboxylic acids is 1. The third-order valence-electron chi connectivity index (χ3n) is 8.09. The first-order valence-electron chi connectivity index (χ1n) is 12.4. The second kappa shape index (κ2) is 8.36. The second-order valence-electron chi connectivity index (χ2n) is 9.96. The SMILES string of the molecule is O=C1c2cc(=O)ccn2N2CN1CCCC/C=C\C1=CC=CC3CCC4C=CC=CC4[C@@H]2C13. The summed E-state index contributed by atoms with van der Waals surface area (Å²) in [5, 5.41) is 2.39. The topological polar surface area (TPSA) is 45.6 Å². The highest BCUT2D eigenvalue weighted by atomic mass is 16.2. The van der Waals surface area contributed by atoms with E-state index in [-0.39, 0.29) is 17.4 Å². The molecule has 4 unspecified atom stereocenters. The van der Waals surface area contributed by atoms with Gasteiger partial charge in [0.25, 0.3) is 5.91 Å². The Balaban J connectivity index is 1.56. The zero-order valence-electron chi connectivity index (χ0n) is 18.9. The molecule has 3 heterocycles. The molecule has 1 fully saturated rings. The van der Waals surface area contributed by atoms with E-state index in [1.54, 1.807) is 6.07 Å². The zero-order chi connectivity index (χ0) is 22.4. The molecule has 3 aliphatic carbocycles. The quantitative estimate of drug-likeness (QED) is 0.607. The minimum Gasteiger partial charge on any atom is -0.318 e. The van der Waals surface area contributed by atoms with Crippen molar-refractivity contribution in [2.75, 3.05) is 18.2 Å². The number of pyridine rings is 1. The van der Waals surface area contributed by atoms with Crippen LogP contribution in [0.5, 0.6) is 0 Å².